The van der Waals surface area contributed by atoms with Crippen LogP contribution in [0.4, 0.5) is 0 Å². The number of carboxylic acids is 2. The maximum Gasteiger partial charge on any atom is 0.336 e. The molecule has 0 aliphatic carbocycles. The summed E-state index contributed by atoms with van der Waals surface area (Å²) in [5.41, 5.74) is 2.56. The molecule has 0 amide bonds. The molecule has 0 aromatic heterocycles. The van der Waals surface area contributed by atoms with Gasteiger partial charge in [0.1, 0.15) is 0 Å². The number of benzene rings is 1. The first kappa shape index (κ1) is 21.6. The van der Waals surface area contributed by atoms with Crippen molar-refractivity contribution in [2.24, 2.45) is 0 Å². The van der Waals surface area contributed by atoms with Crippen molar-refractivity contribution in [3.8, 4) is 0 Å². The zero-order valence-corrected chi connectivity index (χ0v) is 15.3. The number of aromatic carboxylic acids is 2. The number of rotatable bonds is 12. The van der Waals surface area contributed by atoms with Crippen LogP contribution in [0.1, 0.15) is 45.7 Å². The van der Waals surface area contributed by atoms with E-state index >= 15 is 0 Å². The fraction of sp³-hybridized carbons (Fsp3) is 0.400. The summed E-state index contributed by atoms with van der Waals surface area (Å²) in [6.07, 6.45) is 0.773. The lowest BCUT2D eigenvalue weighted by Gasteiger charge is -2.15. The van der Waals surface area contributed by atoms with Crippen molar-refractivity contribution in [1.82, 2.24) is 0 Å². The van der Waals surface area contributed by atoms with E-state index in [1.54, 1.807) is 6.07 Å². The standard InChI is InChI=1S/C20H26O6/c1-13(2)11-25-9-7-15-5-6-17(19(21)22)18(20(23)24)16(15)8-10-26-12-14(3)4/h5-6H,1,3,7-12H2,2,4H3,(H,21,22)(H,23,24). The number of carboxylic acid groups (broad SMARTS) is 2. The van der Waals surface area contributed by atoms with Crippen LogP contribution in [0.2, 0.25) is 0 Å². The summed E-state index contributed by atoms with van der Waals surface area (Å²) in [6.45, 7) is 12.6. The molecule has 0 atom stereocenters. The van der Waals surface area contributed by atoms with Crippen LogP contribution in [0, 0.1) is 0 Å². The molecule has 0 radical (unpaired) electrons. The Morgan fingerprint density at radius 2 is 1.46 bits per heavy atom. The zero-order valence-electron chi connectivity index (χ0n) is 15.3. The lowest BCUT2D eigenvalue weighted by atomic mass is 9.92. The van der Waals surface area contributed by atoms with E-state index < -0.39 is 11.9 Å². The second-order valence-corrected chi connectivity index (χ2v) is 6.26. The Morgan fingerprint density at radius 3 is 1.92 bits per heavy atom. The number of ether oxygens (including phenoxy) is 2. The summed E-state index contributed by atoms with van der Waals surface area (Å²) in [4.78, 5) is 23.1. The number of hydrogen-bond donors (Lipinski definition) is 2. The van der Waals surface area contributed by atoms with Crippen molar-refractivity contribution in [3.63, 3.8) is 0 Å². The van der Waals surface area contributed by atoms with Crippen molar-refractivity contribution in [1.29, 1.82) is 0 Å². The SMILES string of the molecule is C=C(C)COCCc1ccc(C(=O)O)c(C(=O)O)c1CCOCC(=C)C. The van der Waals surface area contributed by atoms with E-state index in [-0.39, 0.29) is 17.7 Å². The zero-order chi connectivity index (χ0) is 19.7. The molecule has 1 rings (SSSR count). The topological polar surface area (TPSA) is 93.1 Å². The van der Waals surface area contributed by atoms with Crippen LogP contribution in [0.15, 0.2) is 36.4 Å². The molecule has 0 bridgehead atoms. The fourth-order valence-corrected chi connectivity index (χ4v) is 2.48. The predicted octanol–water partition coefficient (Wildman–Crippen LogP) is 3.35. The van der Waals surface area contributed by atoms with Gasteiger partial charge >= 0.3 is 11.9 Å². The van der Waals surface area contributed by atoms with E-state index in [1.807, 2.05) is 13.8 Å². The van der Waals surface area contributed by atoms with Crippen molar-refractivity contribution < 1.29 is 29.3 Å². The van der Waals surface area contributed by atoms with Gasteiger partial charge in [-0.3, -0.25) is 0 Å². The van der Waals surface area contributed by atoms with Gasteiger partial charge in [0, 0.05) is 0 Å². The van der Waals surface area contributed by atoms with Gasteiger partial charge in [0.05, 0.1) is 37.6 Å². The van der Waals surface area contributed by atoms with E-state index in [0.29, 0.717) is 38.2 Å². The lowest BCUT2D eigenvalue weighted by molar-refractivity contribution is 0.0649. The van der Waals surface area contributed by atoms with Crippen molar-refractivity contribution >= 4 is 11.9 Å². The largest absolute Gasteiger partial charge is 0.478 e. The molecule has 6 nitrogen and oxygen atoms in total. The van der Waals surface area contributed by atoms with E-state index in [0.717, 1.165) is 16.7 Å². The molecule has 142 valence electrons. The Morgan fingerprint density at radius 1 is 0.923 bits per heavy atom. The summed E-state index contributed by atoms with van der Waals surface area (Å²) in [6, 6.07) is 2.98. The Hall–Kier alpha value is -2.44. The highest BCUT2D eigenvalue weighted by atomic mass is 16.5. The maximum absolute atomic E-state index is 11.7. The highest BCUT2D eigenvalue weighted by Crippen LogP contribution is 2.22. The average Bonchev–Trinajstić information content (AvgIpc) is 2.54. The second kappa shape index (κ2) is 10.5. The van der Waals surface area contributed by atoms with Crippen LogP contribution < -0.4 is 0 Å². The van der Waals surface area contributed by atoms with Gasteiger partial charge in [-0.05, 0) is 43.9 Å². The second-order valence-electron chi connectivity index (χ2n) is 6.26. The minimum Gasteiger partial charge on any atom is -0.478 e. The van der Waals surface area contributed by atoms with Gasteiger partial charge in [0.25, 0.3) is 0 Å². The molecule has 0 fully saturated rings. The summed E-state index contributed by atoms with van der Waals surface area (Å²) >= 11 is 0. The highest BCUT2D eigenvalue weighted by Gasteiger charge is 2.22. The van der Waals surface area contributed by atoms with Gasteiger partial charge < -0.3 is 19.7 Å². The molecule has 0 aliphatic heterocycles. The number of hydrogen-bond acceptors (Lipinski definition) is 4. The Kier molecular flexibility index (Phi) is 8.75. The molecular weight excluding hydrogens is 336 g/mol. The minimum atomic E-state index is -1.27. The third-order valence-corrected chi connectivity index (χ3v) is 3.56. The molecule has 0 saturated heterocycles. The van der Waals surface area contributed by atoms with Crippen molar-refractivity contribution in [2.75, 3.05) is 26.4 Å². The number of carbonyl (C=O) groups is 2. The van der Waals surface area contributed by atoms with Crippen LogP contribution >= 0.6 is 0 Å². The molecule has 0 heterocycles. The van der Waals surface area contributed by atoms with Gasteiger partial charge in [-0.15, -0.1) is 0 Å². The molecule has 26 heavy (non-hydrogen) atoms. The van der Waals surface area contributed by atoms with Crippen LogP contribution in [-0.4, -0.2) is 48.6 Å². The smallest absolute Gasteiger partial charge is 0.336 e. The lowest BCUT2D eigenvalue weighted by Crippen LogP contribution is -2.16. The average molecular weight is 362 g/mol. The van der Waals surface area contributed by atoms with Gasteiger partial charge in [0.2, 0.25) is 0 Å². The molecule has 0 saturated carbocycles. The molecule has 1 aromatic carbocycles. The Bertz CT molecular complexity index is 690. The molecule has 6 heteroatoms. The monoisotopic (exact) mass is 362 g/mol. The molecule has 0 aliphatic rings. The first-order valence-electron chi connectivity index (χ1n) is 8.29. The van der Waals surface area contributed by atoms with E-state index in [4.69, 9.17) is 9.47 Å². The van der Waals surface area contributed by atoms with Crippen molar-refractivity contribution in [2.45, 2.75) is 26.7 Å². The molecule has 0 unspecified atom stereocenters. The van der Waals surface area contributed by atoms with Crippen LogP contribution in [-0.2, 0) is 22.3 Å². The van der Waals surface area contributed by atoms with Crippen LogP contribution in [0.25, 0.3) is 0 Å². The summed E-state index contributed by atoms with van der Waals surface area (Å²) in [5, 5.41) is 18.9. The third-order valence-electron chi connectivity index (χ3n) is 3.56. The summed E-state index contributed by atoms with van der Waals surface area (Å²) < 4.78 is 10.9. The molecule has 0 spiro atoms. The van der Waals surface area contributed by atoms with E-state index in [2.05, 4.69) is 13.2 Å². The summed E-state index contributed by atoms with van der Waals surface area (Å²) in [5.74, 6) is -2.53. The van der Waals surface area contributed by atoms with Crippen LogP contribution in [0.5, 0.6) is 0 Å². The highest BCUT2D eigenvalue weighted by molar-refractivity contribution is 6.03. The predicted molar refractivity (Wildman–Crippen MR) is 99.0 cm³/mol. The van der Waals surface area contributed by atoms with Gasteiger partial charge in [-0.25, -0.2) is 9.59 Å². The van der Waals surface area contributed by atoms with Gasteiger partial charge in [-0.2, -0.15) is 0 Å². The third kappa shape index (κ3) is 6.82. The Balaban J connectivity index is 3.07. The van der Waals surface area contributed by atoms with Gasteiger partial charge in [-0.1, -0.05) is 30.4 Å². The van der Waals surface area contributed by atoms with Gasteiger partial charge in [0.15, 0.2) is 0 Å². The molecular formula is C20H26O6. The minimum absolute atomic E-state index is 0.186. The van der Waals surface area contributed by atoms with Crippen LogP contribution in [0.3, 0.4) is 0 Å². The van der Waals surface area contributed by atoms with E-state index in [1.165, 1.54) is 6.07 Å². The fourth-order valence-electron chi connectivity index (χ4n) is 2.48. The molecule has 2 N–H and O–H groups in total. The normalized spacial score (nSPS) is 10.5. The quantitative estimate of drug-likeness (QED) is 0.437. The Labute approximate surface area is 153 Å². The maximum atomic E-state index is 11.7. The first-order chi connectivity index (χ1) is 12.2. The van der Waals surface area contributed by atoms with Crippen molar-refractivity contribution in [3.05, 3.63) is 58.7 Å². The first-order valence-corrected chi connectivity index (χ1v) is 8.29. The van der Waals surface area contributed by atoms with E-state index in [9.17, 15) is 19.8 Å². The molecule has 1 aromatic rings. The summed E-state index contributed by atoms with van der Waals surface area (Å²) in [7, 11) is 0.